The maximum Gasteiger partial charge on any atom is 0.224 e. The highest BCUT2D eigenvalue weighted by Gasteiger charge is 2.03. The molecular formula is C15H13BrFNO. The number of nitrogens with one attached hydrogen (secondary N) is 1. The number of halogens is 2. The highest BCUT2D eigenvalue weighted by molar-refractivity contribution is 9.10. The minimum Gasteiger partial charge on any atom is -0.326 e. The minimum atomic E-state index is -0.313. The van der Waals surface area contributed by atoms with Crippen molar-refractivity contribution < 1.29 is 9.18 Å². The Morgan fingerprint density at radius 2 is 1.89 bits per heavy atom. The molecule has 0 radical (unpaired) electrons. The number of aryl methyl sites for hydroxylation is 1. The third-order valence-corrected chi connectivity index (χ3v) is 3.15. The molecule has 0 spiro atoms. The first kappa shape index (κ1) is 13.7. The van der Waals surface area contributed by atoms with Crippen LogP contribution in [-0.2, 0) is 11.2 Å². The second-order valence-corrected chi connectivity index (χ2v) is 5.10. The van der Waals surface area contributed by atoms with Gasteiger partial charge in [-0.05, 0) is 48.4 Å². The van der Waals surface area contributed by atoms with Gasteiger partial charge in [0.1, 0.15) is 5.82 Å². The van der Waals surface area contributed by atoms with E-state index in [0.29, 0.717) is 18.5 Å². The number of carbonyl (C=O) groups excluding carboxylic acids is 1. The van der Waals surface area contributed by atoms with E-state index >= 15 is 0 Å². The Labute approximate surface area is 119 Å². The summed E-state index contributed by atoms with van der Waals surface area (Å²) in [5.74, 6) is -0.390. The quantitative estimate of drug-likeness (QED) is 0.900. The van der Waals surface area contributed by atoms with Crippen LogP contribution in [0.3, 0.4) is 0 Å². The summed E-state index contributed by atoms with van der Waals surface area (Å²) in [6.07, 6.45) is 1.07. The summed E-state index contributed by atoms with van der Waals surface area (Å²) in [5, 5.41) is 2.74. The Morgan fingerprint density at radius 3 is 2.58 bits per heavy atom. The van der Waals surface area contributed by atoms with Gasteiger partial charge in [-0.1, -0.05) is 28.1 Å². The molecule has 0 saturated heterocycles. The number of anilines is 1. The van der Waals surface area contributed by atoms with Crippen LogP contribution in [0.4, 0.5) is 10.1 Å². The van der Waals surface area contributed by atoms with Gasteiger partial charge in [0.05, 0.1) is 0 Å². The van der Waals surface area contributed by atoms with Gasteiger partial charge in [-0.25, -0.2) is 4.39 Å². The van der Waals surface area contributed by atoms with E-state index in [9.17, 15) is 9.18 Å². The molecule has 1 N–H and O–H groups in total. The molecule has 0 aliphatic carbocycles. The average molecular weight is 322 g/mol. The second kappa shape index (κ2) is 6.48. The standard InChI is InChI=1S/C15H13BrFNO/c16-12-3-1-2-11(10-12)4-9-15(19)18-14-7-5-13(17)6-8-14/h1-3,5-8,10H,4,9H2,(H,18,19). The van der Waals surface area contributed by atoms with Gasteiger partial charge in [-0.3, -0.25) is 4.79 Å². The van der Waals surface area contributed by atoms with E-state index in [0.717, 1.165) is 10.0 Å². The van der Waals surface area contributed by atoms with Crippen LogP contribution < -0.4 is 5.32 Å². The average Bonchev–Trinajstić information content (AvgIpc) is 2.39. The van der Waals surface area contributed by atoms with Crippen molar-refractivity contribution >= 4 is 27.5 Å². The van der Waals surface area contributed by atoms with Gasteiger partial charge < -0.3 is 5.32 Å². The zero-order valence-electron chi connectivity index (χ0n) is 10.2. The smallest absolute Gasteiger partial charge is 0.224 e. The molecule has 2 aromatic carbocycles. The van der Waals surface area contributed by atoms with Crippen molar-refractivity contribution in [1.29, 1.82) is 0 Å². The maximum atomic E-state index is 12.7. The fraction of sp³-hybridized carbons (Fsp3) is 0.133. The van der Waals surface area contributed by atoms with Gasteiger partial charge in [0, 0.05) is 16.6 Å². The molecule has 2 aromatic rings. The molecule has 0 atom stereocenters. The number of benzene rings is 2. The van der Waals surface area contributed by atoms with E-state index in [1.165, 1.54) is 12.1 Å². The molecule has 0 unspecified atom stereocenters. The summed E-state index contributed by atoms with van der Waals surface area (Å²) in [7, 11) is 0. The first-order valence-electron chi connectivity index (χ1n) is 5.93. The molecule has 1 amide bonds. The molecule has 98 valence electrons. The zero-order valence-corrected chi connectivity index (χ0v) is 11.8. The summed E-state index contributed by atoms with van der Waals surface area (Å²) in [6, 6.07) is 13.6. The first-order valence-corrected chi connectivity index (χ1v) is 6.72. The minimum absolute atomic E-state index is 0.0772. The van der Waals surface area contributed by atoms with Crippen molar-refractivity contribution in [3.05, 3.63) is 64.4 Å². The van der Waals surface area contributed by atoms with E-state index in [-0.39, 0.29) is 11.7 Å². The van der Waals surface area contributed by atoms with E-state index in [2.05, 4.69) is 21.2 Å². The van der Waals surface area contributed by atoms with Crippen molar-refractivity contribution in [2.75, 3.05) is 5.32 Å². The zero-order chi connectivity index (χ0) is 13.7. The summed E-state index contributed by atoms with van der Waals surface area (Å²) in [6.45, 7) is 0. The van der Waals surface area contributed by atoms with E-state index < -0.39 is 0 Å². The number of rotatable bonds is 4. The predicted molar refractivity (Wildman–Crippen MR) is 77.5 cm³/mol. The lowest BCUT2D eigenvalue weighted by atomic mass is 10.1. The number of amides is 1. The van der Waals surface area contributed by atoms with Gasteiger partial charge in [0.25, 0.3) is 0 Å². The van der Waals surface area contributed by atoms with Crippen molar-refractivity contribution in [1.82, 2.24) is 0 Å². The van der Waals surface area contributed by atoms with Crippen LogP contribution in [0.25, 0.3) is 0 Å². The second-order valence-electron chi connectivity index (χ2n) is 4.18. The summed E-state index contributed by atoms with van der Waals surface area (Å²) in [4.78, 5) is 11.7. The lowest BCUT2D eigenvalue weighted by molar-refractivity contribution is -0.116. The van der Waals surface area contributed by atoms with Crippen molar-refractivity contribution in [2.45, 2.75) is 12.8 Å². The number of hydrogen-bond acceptors (Lipinski definition) is 1. The van der Waals surface area contributed by atoms with Crippen LogP contribution in [0.15, 0.2) is 53.0 Å². The van der Waals surface area contributed by atoms with Gasteiger partial charge in [-0.15, -0.1) is 0 Å². The lowest BCUT2D eigenvalue weighted by Crippen LogP contribution is -2.12. The fourth-order valence-electron chi connectivity index (χ4n) is 1.71. The van der Waals surface area contributed by atoms with E-state index in [4.69, 9.17) is 0 Å². The summed E-state index contributed by atoms with van der Waals surface area (Å²) >= 11 is 3.39. The summed E-state index contributed by atoms with van der Waals surface area (Å²) < 4.78 is 13.7. The van der Waals surface area contributed by atoms with Crippen LogP contribution in [0, 0.1) is 5.82 Å². The molecule has 0 heterocycles. The number of carbonyl (C=O) groups is 1. The number of hydrogen-bond donors (Lipinski definition) is 1. The van der Waals surface area contributed by atoms with Crippen LogP contribution in [-0.4, -0.2) is 5.91 Å². The van der Waals surface area contributed by atoms with Crippen LogP contribution in [0.2, 0.25) is 0 Å². The van der Waals surface area contributed by atoms with Crippen molar-refractivity contribution in [3.63, 3.8) is 0 Å². The topological polar surface area (TPSA) is 29.1 Å². The Hall–Kier alpha value is -1.68. The van der Waals surface area contributed by atoms with E-state index in [1.54, 1.807) is 12.1 Å². The molecule has 0 aliphatic heterocycles. The third kappa shape index (κ3) is 4.48. The first-order chi connectivity index (χ1) is 9.13. The Bertz CT molecular complexity index is 569. The largest absolute Gasteiger partial charge is 0.326 e. The van der Waals surface area contributed by atoms with Crippen LogP contribution >= 0.6 is 15.9 Å². The fourth-order valence-corrected chi connectivity index (χ4v) is 2.15. The SMILES string of the molecule is O=C(CCc1cccc(Br)c1)Nc1ccc(F)cc1. The monoisotopic (exact) mass is 321 g/mol. The van der Waals surface area contributed by atoms with Crippen LogP contribution in [0.5, 0.6) is 0 Å². The Balaban J connectivity index is 1.86. The third-order valence-electron chi connectivity index (χ3n) is 2.66. The molecule has 4 heteroatoms. The molecule has 0 aliphatic rings. The molecule has 0 fully saturated rings. The molecule has 0 saturated carbocycles. The van der Waals surface area contributed by atoms with Gasteiger partial charge >= 0.3 is 0 Å². The Morgan fingerprint density at radius 1 is 1.16 bits per heavy atom. The maximum absolute atomic E-state index is 12.7. The molecule has 0 aromatic heterocycles. The highest BCUT2D eigenvalue weighted by Crippen LogP contribution is 2.14. The molecule has 19 heavy (non-hydrogen) atoms. The van der Waals surface area contributed by atoms with Gasteiger partial charge in [0.15, 0.2) is 0 Å². The molecule has 0 bridgehead atoms. The van der Waals surface area contributed by atoms with E-state index in [1.807, 2.05) is 24.3 Å². The van der Waals surface area contributed by atoms with Crippen LogP contribution in [0.1, 0.15) is 12.0 Å². The van der Waals surface area contributed by atoms with Gasteiger partial charge in [-0.2, -0.15) is 0 Å². The van der Waals surface area contributed by atoms with Crippen molar-refractivity contribution in [3.8, 4) is 0 Å². The highest BCUT2D eigenvalue weighted by atomic mass is 79.9. The lowest BCUT2D eigenvalue weighted by Gasteiger charge is -2.05. The molecule has 2 rings (SSSR count). The normalized spacial score (nSPS) is 10.2. The summed E-state index contributed by atoms with van der Waals surface area (Å²) in [5.41, 5.74) is 1.71. The van der Waals surface area contributed by atoms with Gasteiger partial charge in [0.2, 0.25) is 5.91 Å². The molecule has 2 nitrogen and oxygen atoms in total. The molecular weight excluding hydrogens is 309 g/mol. The predicted octanol–water partition coefficient (Wildman–Crippen LogP) is 4.16. The Kier molecular flexibility index (Phi) is 4.68. The van der Waals surface area contributed by atoms with Crippen molar-refractivity contribution in [2.24, 2.45) is 0 Å².